The van der Waals surface area contributed by atoms with E-state index in [4.69, 9.17) is 0 Å². The van der Waals surface area contributed by atoms with Gasteiger partial charge in [-0.15, -0.1) is 0 Å². The van der Waals surface area contributed by atoms with Crippen LogP contribution < -0.4 is 4.90 Å². The fourth-order valence-electron chi connectivity index (χ4n) is 4.16. The van der Waals surface area contributed by atoms with Gasteiger partial charge in [0.25, 0.3) is 0 Å². The van der Waals surface area contributed by atoms with Gasteiger partial charge in [0.05, 0.1) is 0 Å². The molecule has 37 heavy (non-hydrogen) atoms. The van der Waals surface area contributed by atoms with Gasteiger partial charge in [-0.05, 0) is 66.9 Å². The van der Waals surface area contributed by atoms with Crippen LogP contribution in [0.2, 0.25) is 0 Å². The van der Waals surface area contributed by atoms with Crippen LogP contribution in [0.25, 0.3) is 0 Å². The summed E-state index contributed by atoms with van der Waals surface area (Å²) in [5.41, 5.74) is 5.21. The first-order valence-electron chi connectivity index (χ1n) is 11.7. The molecule has 0 radical (unpaired) electrons. The molecule has 0 N–H and O–H groups in total. The molecular weight excluding hydrogens is 527 g/mol. The van der Waals surface area contributed by atoms with E-state index in [0.29, 0.717) is 0 Å². The van der Waals surface area contributed by atoms with Gasteiger partial charge in [0, 0.05) is 5.69 Å². The van der Waals surface area contributed by atoms with Gasteiger partial charge in [-0.3, -0.25) is 0 Å². The standard InChI is InChI=1S/C28H26NS.F6P/c1-2-3-11-22-18-20-23(21-19-22)29-25-14-7-9-16-27(25)30(24-12-5-4-6-13-24)28-17-10-8-15-26(28)29;1-7(2,3,4,5)6/h4-10,12-21H,2-3,11H2,1H3;/q+1;-1. The molecule has 4 aromatic rings. The van der Waals surface area contributed by atoms with E-state index < -0.39 is 7.81 Å². The molecule has 0 fully saturated rings. The zero-order valence-corrected chi connectivity index (χ0v) is 21.7. The molecule has 0 atom stereocenters. The van der Waals surface area contributed by atoms with Crippen LogP contribution in [0.4, 0.5) is 42.2 Å². The van der Waals surface area contributed by atoms with E-state index in [0.717, 1.165) is 6.42 Å². The first kappa shape index (κ1) is 27.1. The molecule has 0 saturated carbocycles. The van der Waals surface area contributed by atoms with Crippen LogP contribution in [0, 0.1) is 0 Å². The van der Waals surface area contributed by atoms with Crippen molar-refractivity contribution in [3.63, 3.8) is 0 Å². The SMILES string of the molecule is CCCCc1ccc(N2c3ccccc3[S+](c3ccccc3)c3ccccc32)cc1.F[P-](F)(F)(F)(F)F. The van der Waals surface area contributed by atoms with Crippen LogP contribution in [0.3, 0.4) is 0 Å². The van der Waals surface area contributed by atoms with Gasteiger partial charge in [0.2, 0.25) is 0 Å². The Balaban J connectivity index is 0.000000405. The zero-order valence-electron chi connectivity index (χ0n) is 20.0. The molecule has 0 bridgehead atoms. The molecule has 0 amide bonds. The summed E-state index contributed by atoms with van der Waals surface area (Å²) in [6.45, 7) is 2.25. The van der Waals surface area contributed by atoms with Crippen molar-refractivity contribution in [2.24, 2.45) is 0 Å². The number of aryl methyl sites for hydroxylation is 1. The molecule has 196 valence electrons. The Hall–Kier alpha value is -2.96. The van der Waals surface area contributed by atoms with Gasteiger partial charge in [-0.25, -0.2) is 0 Å². The third kappa shape index (κ3) is 7.53. The van der Waals surface area contributed by atoms with Gasteiger partial charge >= 0.3 is 33.0 Å². The Morgan fingerprint density at radius 2 is 1.08 bits per heavy atom. The number of para-hydroxylation sites is 2. The quantitative estimate of drug-likeness (QED) is 0.119. The molecule has 0 unspecified atom stereocenters. The Morgan fingerprint density at radius 1 is 0.622 bits per heavy atom. The first-order valence-corrected chi connectivity index (χ1v) is 15.0. The molecule has 0 aromatic heterocycles. The number of halogens is 6. The van der Waals surface area contributed by atoms with Crippen molar-refractivity contribution < 1.29 is 25.2 Å². The average molecular weight is 554 g/mol. The maximum atomic E-state index is 9.87. The van der Waals surface area contributed by atoms with Gasteiger partial charge in [-0.1, -0.05) is 67.9 Å². The molecule has 1 aliphatic rings. The normalized spacial score (nSPS) is 14.9. The third-order valence-corrected chi connectivity index (χ3v) is 7.96. The summed E-state index contributed by atoms with van der Waals surface area (Å²) in [4.78, 5) is 6.57. The summed E-state index contributed by atoms with van der Waals surface area (Å²) >= 11 is 0. The Morgan fingerprint density at radius 3 is 1.57 bits per heavy atom. The fourth-order valence-corrected chi connectivity index (χ4v) is 6.50. The van der Waals surface area contributed by atoms with E-state index in [9.17, 15) is 25.2 Å². The minimum absolute atomic E-state index is 0.103. The topological polar surface area (TPSA) is 3.24 Å². The Bertz CT molecular complexity index is 1300. The number of rotatable bonds is 5. The van der Waals surface area contributed by atoms with Crippen LogP contribution in [0.1, 0.15) is 25.3 Å². The molecule has 4 aromatic carbocycles. The second-order valence-corrected chi connectivity index (χ2v) is 12.5. The van der Waals surface area contributed by atoms with E-state index in [-0.39, 0.29) is 10.9 Å². The summed E-state index contributed by atoms with van der Waals surface area (Å²) < 4.78 is 59.2. The second-order valence-electron chi connectivity index (χ2n) is 8.62. The van der Waals surface area contributed by atoms with E-state index in [1.807, 2.05) is 0 Å². The molecule has 5 rings (SSSR count). The van der Waals surface area contributed by atoms with E-state index >= 15 is 0 Å². The summed E-state index contributed by atoms with van der Waals surface area (Å²) in [7, 11) is -10.8. The monoisotopic (exact) mass is 553 g/mol. The van der Waals surface area contributed by atoms with Crippen LogP contribution in [-0.4, -0.2) is 0 Å². The number of nitrogens with zero attached hydrogens (tertiary/aromatic N) is 1. The number of hydrogen-bond donors (Lipinski definition) is 0. The number of unbranched alkanes of at least 4 members (excludes halogenated alkanes) is 1. The Kier molecular flexibility index (Phi) is 7.12. The van der Waals surface area contributed by atoms with Crippen LogP contribution in [0.5, 0.6) is 0 Å². The molecule has 0 aliphatic carbocycles. The van der Waals surface area contributed by atoms with Crippen molar-refractivity contribution in [2.45, 2.75) is 40.9 Å². The van der Waals surface area contributed by atoms with E-state index in [1.165, 1.54) is 50.2 Å². The average Bonchev–Trinajstić information content (AvgIpc) is 2.85. The summed E-state index contributed by atoms with van der Waals surface area (Å²) in [5, 5.41) is 0. The molecule has 1 heterocycles. The van der Waals surface area contributed by atoms with Crippen molar-refractivity contribution in [1.82, 2.24) is 0 Å². The minimum atomic E-state index is -10.7. The van der Waals surface area contributed by atoms with Gasteiger partial charge in [0.15, 0.2) is 14.7 Å². The summed E-state index contributed by atoms with van der Waals surface area (Å²) in [6.07, 6.45) is 3.63. The van der Waals surface area contributed by atoms with E-state index in [2.05, 4.69) is 115 Å². The van der Waals surface area contributed by atoms with Gasteiger partial charge < -0.3 is 4.90 Å². The molecule has 0 saturated heterocycles. The second kappa shape index (κ2) is 9.73. The summed E-state index contributed by atoms with van der Waals surface area (Å²) in [5.74, 6) is 0. The van der Waals surface area contributed by atoms with Crippen molar-refractivity contribution >= 4 is 35.8 Å². The van der Waals surface area contributed by atoms with Crippen molar-refractivity contribution in [1.29, 1.82) is 0 Å². The first-order chi connectivity index (χ1) is 17.3. The predicted octanol–water partition coefficient (Wildman–Crippen LogP) is 11.3. The number of fused-ring (bicyclic) bond motifs is 2. The third-order valence-electron chi connectivity index (χ3n) is 5.64. The van der Waals surface area contributed by atoms with Crippen LogP contribution >= 0.6 is 7.81 Å². The van der Waals surface area contributed by atoms with E-state index in [1.54, 1.807) is 0 Å². The number of benzene rings is 4. The van der Waals surface area contributed by atoms with Crippen molar-refractivity contribution in [2.75, 3.05) is 4.90 Å². The molecule has 1 nitrogen and oxygen atoms in total. The van der Waals surface area contributed by atoms with Crippen molar-refractivity contribution in [3.05, 3.63) is 109 Å². The van der Waals surface area contributed by atoms with Gasteiger partial charge in [-0.2, -0.15) is 0 Å². The number of anilines is 3. The zero-order chi connectivity index (χ0) is 26.7. The fraction of sp³-hybridized carbons (Fsp3) is 0.143. The maximum absolute atomic E-state index is 10.7. The van der Waals surface area contributed by atoms with Gasteiger partial charge in [0.1, 0.15) is 22.3 Å². The van der Waals surface area contributed by atoms with Crippen molar-refractivity contribution in [3.8, 4) is 0 Å². The number of hydrogen-bond acceptors (Lipinski definition) is 1. The van der Waals surface area contributed by atoms with Crippen LogP contribution in [-0.2, 0) is 17.3 Å². The molecule has 1 aliphatic heterocycles. The van der Waals surface area contributed by atoms with Crippen LogP contribution in [0.15, 0.2) is 118 Å². The molecule has 9 heteroatoms. The predicted molar refractivity (Wildman–Crippen MR) is 142 cm³/mol. The Labute approximate surface area is 215 Å². The molecular formula is C28H26F6NPS. The summed E-state index contributed by atoms with van der Waals surface area (Å²) in [6, 6.07) is 37.8. The molecule has 0 spiro atoms.